The van der Waals surface area contributed by atoms with Crippen molar-refractivity contribution >= 4 is 5.91 Å². The predicted octanol–water partition coefficient (Wildman–Crippen LogP) is 6.05. The Labute approximate surface area is 206 Å². The Morgan fingerprint density at radius 1 is 0.857 bits per heavy atom. The molecule has 6 heteroatoms. The largest absolute Gasteiger partial charge is 0.494 e. The van der Waals surface area contributed by atoms with Crippen LogP contribution in [0.2, 0.25) is 0 Å². The number of benzene rings is 3. The molecule has 0 unspecified atom stereocenters. The van der Waals surface area contributed by atoms with Gasteiger partial charge in [0.1, 0.15) is 11.5 Å². The van der Waals surface area contributed by atoms with Gasteiger partial charge in [-0.05, 0) is 61.4 Å². The Hall–Kier alpha value is -4.06. The molecule has 180 valence electrons. The van der Waals surface area contributed by atoms with E-state index in [0.717, 1.165) is 46.8 Å². The number of nitrogens with one attached hydrogen (secondary N) is 1. The molecule has 1 heterocycles. The second kappa shape index (κ2) is 11.9. The number of hydrogen-bond acceptors (Lipinski definition) is 4. The van der Waals surface area contributed by atoms with Crippen LogP contribution in [0.1, 0.15) is 42.6 Å². The van der Waals surface area contributed by atoms with Crippen molar-refractivity contribution in [3.8, 4) is 28.4 Å². The predicted molar refractivity (Wildman–Crippen MR) is 138 cm³/mol. The molecule has 1 amide bonds. The number of ether oxygens (including phenoxy) is 2. The van der Waals surface area contributed by atoms with Gasteiger partial charge >= 0.3 is 0 Å². The van der Waals surface area contributed by atoms with Crippen LogP contribution < -0.4 is 14.8 Å². The summed E-state index contributed by atoms with van der Waals surface area (Å²) >= 11 is 0. The minimum Gasteiger partial charge on any atom is -0.494 e. The van der Waals surface area contributed by atoms with Crippen LogP contribution in [-0.2, 0) is 6.54 Å². The van der Waals surface area contributed by atoms with Crippen LogP contribution in [0, 0.1) is 0 Å². The summed E-state index contributed by atoms with van der Waals surface area (Å²) in [6.07, 6.45) is 3.84. The number of carbonyl (C=O) groups is 1. The number of hydrogen-bond donors (Lipinski definition) is 1. The van der Waals surface area contributed by atoms with Gasteiger partial charge in [-0.3, -0.25) is 4.79 Å². The van der Waals surface area contributed by atoms with E-state index in [9.17, 15) is 4.79 Å². The summed E-state index contributed by atoms with van der Waals surface area (Å²) in [5.41, 5.74) is 4.19. The highest BCUT2D eigenvalue weighted by Gasteiger charge is 2.15. The van der Waals surface area contributed by atoms with Gasteiger partial charge < -0.3 is 14.8 Å². The smallest absolute Gasteiger partial charge is 0.251 e. The maximum atomic E-state index is 12.8. The Morgan fingerprint density at radius 2 is 1.57 bits per heavy atom. The summed E-state index contributed by atoms with van der Waals surface area (Å²) in [5, 5.41) is 7.89. The van der Waals surface area contributed by atoms with Crippen molar-refractivity contribution in [2.45, 2.75) is 33.2 Å². The van der Waals surface area contributed by atoms with Gasteiger partial charge in [0, 0.05) is 29.4 Å². The Morgan fingerprint density at radius 3 is 2.29 bits per heavy atom. The number of carbonyl (C=O) groups excluding carboxylic acids is 1. The van der Waals surface area contributed by atoms with Gasteiger partial charge in [0.2, 0.25) is 0 Å². The first-order valence-corrected chi connectivity index (χ1v) is 12.1. The summed E-state index contributed by atoms with van der Waals surface area (Å²) in [6.45, 7) is 5.80. The summed E-state index contributed by atoms with van der Waals surface area (Å²) in [4.78, 5) is 12.8. The van der Waals surface area contributed by atoms with Crippen LogP contribution in [0.5, 0.6) is 11.5 Å². The summed E-state index contributed by atoms with van der Waals surface area (Å²) in [6, 6.07) is 25.1. The molecule has 0 radical (unpaired) electrons. The first-order chi connectivity index (χ1) is 17.2. The van der Waals surface area contributed by atoms with Gasteiger partial charge in [0.15, 0.2) is 0 Å². The van der Waals surface area contributed by atoms with Crippen molar-refractivity contribution in [1.29, 1.82) is 0 Å². The molecule has 1 N–H and O–H groups in total. The van der Waals surface area contributed by atoms with Crippen molar-refractivity contribution in [2.24, 2.45) is 0 Å². The lowest BCUT2D eigenvalue weighted by molar-refractivity contribution is 0.0951. The first-order valence-electron chi connectivity index (χ1n) is 12.1. The zero-order chi connectivity index (χ0) is 24.5. The van der Waals surface area contributed by atoms with Crippen molar-refractivity contribution < 1.29 is 14.3 Å². The zero-order valence-electron chi connectivity index (χ0n) is 20.2. The highest BCUT2D eigenvalue weighted by Crippen LogP contribution is 2.27. The first kappa shape index (κ1) is 24.1. The minimum atomic E-state index is -0.148. The molecule has 3 aromatic carbocycles. The molecule has 35 heavy (non-hydrogen) atoms. The molecular weight excluding hydrogens is 438 g/mol. The van der Waals surface area contributed by atoms with Crippen molar-refractivity contribution in [3.63, 3.8) is 0 Å². The van der Waals surface area contributed by atoms with E-state index in [1.54, 1.807) is 12.1 Å². The van der Waals surface area contributed by atoms with E-state index in [4.69, 9.17) is 14.6 Å². The average molecular weight is 470 g/mol. The SMILES string of the molecule is CCCOc1ccc(C(=O)NCc2cn(-c3ccccc3)nc2-c2cccc(OCCC)c2)cc1. The maximum absolute atomic E-state index is 12.8. The van der Waals surface area contributed by atoms with Crippen LogP contribution >= 0.6 is 0 Å². The van der Waals surface area contributed by atoms with Crippen molar-refractivity contribution in [3.05, 3.63) is 96.2 Å². The van der Waals surface area contributed by atoms with E-state index in [1.165, 1.54) is 0 Å². The van der Waals surface area contributed by atoms with E-state index in [2.05, 4.69) is 19.2 Å². The third-order valence-corrected chi connectivity index (χ3v) is 5.42. The van der Waals surface area contributed by atoms with Crippen LogP contribution in [0.4, 0.5) is 0 Å². The highest BCUT2D eigenvalue weighted by molar-refractivity contribution is 5.94. The Balaban J connectivity index is 1.56. The highest BCUT2D eigenvalue weighted by atomic mass is 16.5. The van der Waals surface area contributed by atoms with Gasteiger partial charge in [-0.15, -0.1) is 0 Å². The van der Waals surface area contributed by atoms with E-state index in [-0.39, 0.29) is 5.91 Å². The fourth-order valence-corrected chi connectivity index (χ4v) is 3.65. The van der Waals surface area contributed by atoms with E-state index < -0.39 is 0 Å². The molecule has 0 aliphatic heterocycles. The molecular formula is C29H31N3O3. The number of amides is 1. The molecule has 0 bridgehead atoms. The van der Waals surface area contributed by atoms with Crippen molar-refractivity contribution in [1.82, 2.24) is 15.1 Å². The molecule has 0 aliphatic carbocycles. The van der Waals surface area contributed by atoms with Crippen LogP contribution in [0.3, 0.4) is 0 Å². The van der Waals surface area contributed by atoms with Crippen molar-refractivity contribution in [2.75, 3.05) is 13.2 Å². The van der Waals surface area contributed by atoms with Gasteiger partial charge in [0.25, 0.3) is 5.91 Å². The van der Waals surface area contributed by atoms with Crippen LogP contribution in [0.25, 0.3) is 16.9 Å². The van der Waals surface area contributed by atoms with Gasteiger partial charge in [-0.1, -0.05) is 44.2 Å². The standard InChI is InChI=1S/C29H31N3O3/c1-3-17-34-26-15-13-22(14-16-26)29(33)30-20-24-21-32(25-10-6-5-7-11-25)31-28(24)23-9-8-12-27(19-23)35-18-4-2/h5-16,19,21H,3-4,17-18,20H2,1-2H3,(H,30,33). The molecule has 0 atom stereocenters. The lowest BCUT2D eigenvalue weighted by Crippen LogP contribution is -2.22. The second-order valence-electron chi connectivity index (χ2n) is 8.21. The third kappa shape index (κ3) is 6.29. The van der Waals surface area contributed by atoms with Gasteiger partial charge in [0.05, 0.1) is 24.6 Å². The molecule has 6 nitrogen and oxygen atoms in total. The quantitative estimate of drug-likeness (QED) is 0.291. The van der Waals surface area contributed by atoms with E-state index in [1.807, 2.05) is 77.6 Å². The molecule has 4 aromatic rings. The third-order valence-electron chi connectivity index (χ3n) is 5.42. The Bertz CT molecular complexity index is 1230. The van der Waals surface area contributed by atoms with E-state index >= 15 is 0 Å². The minimum absolute atomic E-state index is 0.148. The number of nitrogens with zero attached hydrogens (tertiary/aromatic N) is 2. The molecule has 0 saturated carbocycles. The maximum Gasteiger partial charge on any atom is 0.251 e. The monoisotopic (exact) mass is 469 g/mol. The lowest BCUT2D eigenvalue weighted by Gasteiger charge is -2.09. The number of para-hydroxylation sites is 1. The second-order valence-corrected chi connectivity index (χ2v) is 8.21. The summed E-state index contributed by atoms with van der Waals surface area (Å²) < 4.78 is 13.3. The molecule has 0 saturated heterocycles. The average Bonchev–Trinajstić information content (AvgIpc) is 3.35. The Kier molecular flexibility index (Phi) is 8.17. The van der Waals surface area contributed by atoms with Crippen LogP contribution in [0.15, 0.2) is 85.1 Å². The van der Waals surface area contributed by atoms with Gasteiger partial charge in [-0.25, -0.2) is 4.68 Å². The fourth-order valence-electron chi connectivity index (χ4n) is 3.65. The molecule has 0 aliphatic rings. The normalized spacial score (nSPS) is 10.7. The molecule has 0 spiro atoms. The zero-order valence-corrected chi connectivity index (χ0v) is 20.2. The molecule has 1 aromatic heterocycles. The molecule has 4 rings (SSSR count). The van der Waals surface area contributed by atoms with E-state index in [0.29, 0.717) is 25.3 Å². The summed E-state index contributed by atoms with van der Waals surface area (Å²) in [7, 11) is 0. The fraction of sp³-hybridized carbons (Fsp3) is 0.241. The molecule has 0 fully saturated rings. The topological polar surface area (TPSA) is 65.4 Å². The lowest BCUT2D eigenvalue weighted by atomic mass is 10.1. The number of rotatable bonds is 11. The number of aromatic nitrogens is 2. The summed E-state index contributed by atoms with van der Waals surface area (Å²) in [5.74, 6) is 1.42. The van der Waals surface area contributed by atoms with Gasteiger partial charge in [-0.2, -0.15) is 5.10 Å². The van der Waals surface area contributed by atoms with Crippen LogP contribution in [-0.4, -0.2) is 28.9 Å².